The van der Waals surface area contributed by atoms with E-state index in [4.69, 9.17) is 0 Å². The fourth-order valence-electron chi connectivity index (χ4n) is 1.25. The third-order valence-corrected chi connectivity index (χ3v) is 1.77. The first-order valence-electron chi connectivity index (χ1n) is 3.97. The molecule has 1 N–H and O–H groups in total. The van der Waals surface area contributed by atoms with Gasteiger partial charge < -0.3 is 9.72 Å². The van der Waals surface area contributed by atoms with E-state index >= 15 is 0 Å². The van der Waals surface area contributed by atoms with Crippen LogP contribution >= 0.6 is 24.8 Å². The van der Waals surface area contributed by atoms with Gasteiger partial charge in [-0.1, -0.05) is 6.07 Å². The second-order valence-electron chi connectivity index (χ2n) is 2.73. The molecule has 2 heterocycles. The molecule has 0 aliphatic heterocycles. The minimum atomic E-state index is 0. The normalized spacial score (nSPS) is 9.21. The number of nitrogens with zero attached hydrogens (tertiary/aromatic N) is 2. The number of nitrogens with one attached hydrogen (secondary N) is 1. The predicted molar refractivity (Wildman–Crippen MR) is 62.5 cm³/mol. The summed E-state index contributed by atoms with van der Waals surface area (Å²) in [6, 6.07) is 5.99. The van der Waals surface area contributed by atoms with Crippen LogP contribution in [-0.4, -0.2) is 16.4 Å². The van der Waals surface area contributed by atoms with E-state index in [0.29, 0.717) is 0 Å². The Morgan fingerprint density at radius 3 is 2.79 bits per heavy atom. The van der Waals surface area contributed by atoms with Gasteiger partial charge in [0.15, 0.2) is 0 Å². The molecule has 2 rings (SSSR count). The number of hydrogen-bond acceptors (Lipinski definition) is 2. The molecule has 0 saturated carbocycles. The molecule has 0 spiro atoms. The maximum absolute atomic E-state index is 4.40. The molecule has 0 radical (unpaired) electrons. The smallest absolute Gasteiger partial charge is 0.137 e. The Labute approximate surface area is 95.4 Å². The molecule has 0 unspecified atom stereocenters. The van der Waals surface area contributed by atoms with Crippen molar-refractivity contribution in [3.63, 3.8) is 0 Å². The Balaban J connectivity index is 0.000000845. The number of aromatic nitrogens is 2. The van der Waals surface area contributed by atoms with Crippen LogP contribution in [0.1, 0.15) is 5.69 Å². The van der Waals surface area contributed by atoms with Gasteiger partial charge in [-0.25, -0.2) is 4.98 Å². The zero-order valence-electron chi connectivity index (χ0n) is 7.80. The van der Waals surface area contributed by atoms with Crippen LogP contribution in [0.4, 0.5) is 0 Å². The molecule has 2 aromatic heterocycles. The van der Waals surface area contributed by atoms with Crippen LogP contribution in [0.5, 0.6) is 0 Å². The van der Waals surface area contributed by atoms with Crippen molar-refractivity contribution in [3.8, 4) is 0 Å². The lowest BCUT2D eigenvalue weighted by Crippen LogP contribution is -2.04. The van der Waals surface area contributed by atoms with Gasteiger partial charge in [0.25, 0.3) is 0 Å². The summed E-state index contributed by atoms with van der Waals surface area (Å²) in [5, 5.41) is 3.07. The lowest BCUT2D eigenvalue weighted by atomic mass is 10.5. The van der Waals surface area contributed by atoms with Crippen molar-refractivity contribution in [1.29, 1.82) is 0 Å². The topological polar surface area (TPSA) is 29.3 Å². The highest BCUT2D eigenvalue weighted by atomic mass is 35.5. The summed E-state index contributed by atoms with van der Waals surface area (Å²) in [7, 11) is 1.92. The van der Waals surface area contributed by atoms with Crippen LogP contribution in [0.25, 0.3) is 5.65 Å². The SMILES string of the molecule is CNCc1cn2ccccc2n1.Cl.Cl. The number of hydrogen-bond donors (Lipinski definition) is 1. The molecule has 5 heteroatoms. The first-order valence-corrected chi connectivity index (χ1v) is 3.97. The van der Waals surface area contributed by atoms with E-state index in [1.54, 1.807) is 0 Å². The van der Waals surface area contributed by atoms with Gasteiger partial charge in [0.1, 0.15) is 5.65 Å². The predicted octanol–water partition coefficient (Wildman–Crippen LogP) is 1.90. The number of rotatable bonds is 2. The average Bonchev–Trinajstić information content (AvgIpc) is 2.47. The fraction of sp³-hybridized carbons (Fsp3) is 0.222. The second-order valence-corrected chi connectivity index (χ2v) is 2.73. The third-order valence-electron chi connectivity index (χ3n) is 1.77. The highest BCUT2D eigenvalue weighted by Crippen LogP contribution is 2.03. The summed E-state index contributed by atoms with van der Waals surface area (Å²) in [5.41, 5.74) is 2.08. The fourth-order valence-corrected chi connectivity index (χ4v) is 1.25. The lowest BCUT2D eigenvalue weighted by molar-refractivity contribution is 0.798. The minimum absolute atomic E-state index is 0. The standard InChI is InChI=1S/C9H11N3.2ClH/c1-10-6-8-7-12-5-3-2-4-9(12)11-8;;/h2-5,7,10H,6H2,1H3;2*1H. The quantitative estimate of drug-likeness (QED) is 0.859. The van der Waals surface area contributed by atoms with Gasteiger partial charge in [-0.05, 0) is 19.2 Å². The molecular weight excluding hydrogens is 221 g/mol. The van der Waals surface area contributed by atoms with Crippen molar-refractivity contribution in [2.45, 2.75) is 6.54 Å². The lowest BCUT2D eigenvalue weighted by Gasteiger charge is -1.88. The number of imidazole rings is 1. The number of fused-ring (bicyclic) bond motifs is 1. The molecule has 0 atom stereocenters. The average molecular weight is 234 g/mol. The molecule has 14 heavy (non-hydrogen) atoms. The first-order chi connectivity index (χ1) is 5.90. The molecule has 0 fully saturated rings. The molecule has 0 bridgehead atoms. The maximum Gasteiger partial charge on any atom is 0.137 e. The van der Waals surface area contributed by atoms with Gasteiger partial charge in [0.2, 0.25) is 0 Å². The molecule has 0 aliphatic rings. The Bertz CT molecular complexity index is 353. The summed E-state index contributed by atoms with van der Waals surface area (Å²) in [4.78, 5) is 4.40. The highest BCUT2D eigenvalue weighted by molar-refractivity contribution is 5.85. The second kappa shape index (κ2) is 5.86. The summed E-state index contributed by atoms with van der Waals surface area (Å²) in [6.07, 6.45) is 4.04. The molecule has 0 saturated heterocycles. The molecule has 0 amide bonds. The van der Waals surface area contributed by atoms with Crippen molar-refractivity contribution < 1.29 is 0 Å². The van der Waals surface area contributed by atoms with Crippen LogP contribution in [0.15, 0.2) is 30.6 Å². The molecule has 0 aliphatic carbocycles. The van der Waals surface area contributed by atoms with E-state index in [2.05, 4.69) is 10.3 Å². The van der Waals surface area contributed by atoms with E-state index < -0.39 is 0 Å². The third kappa shape index (κ3) is 2.61. The van der Waals surface area contributed by atoms with E-state index in [9.17, 15) is 0 Å². The maximum atomic E-state index is 4.40. The van der Waals surface area contributed by atoms with Gasteiger partial charge in [-0.2, -0.15) is 0 Å². The van der Waals surface area contributed by atoms with Gasteiger partial charge in [-0.15, -0.1) is 24.8 Å². The Morgan fingerprint density at radius 1 is 1.36 bits per heavy atom. The van der Waals surface area contributed by atoms with Crippen molar-refractivity contribution in [1.82, 2.24) is 14.7 Å². The van der Waals surface area contributed by atoms with Crippen LogP contribution in [0.3, 0.4) is 0 Å². The van der Waals surface area contributed by atoms with E-state index in [1.165, 1.54) is 0 Å². The number of pyridine rings is 1. The van der Waals surface area contributed by atoms with Gasteiger partial charge >= 0.3 is 0 Å². The van der Waals surface area contributed by atoms with Crippen LogP contribution in [0, 0.1) is 0 Å². The van der Waals surface area contributed by atoms with Gasteiger partial charge in [0.05, 0.1) is 5.69 Å². The summed E-state index contributed by atoms with van der Waals surface area (Å²) in [5.74, 6) is 0. The molecular formula is C9H13Cl2N3. The van der Waals surface area contributed by atoms with E-state index in [-0.39, 0.29) is 24.8 Å². The van der Waals surface area contributed by atoms with Gasteiger partial charge in [-0.3, -0.25) is 0 Å². The minimum Gasteiger partial charge on any atom is -0.314 e. The van der Waals surface area contributed by atoms with Crippen LogP contribution in [0.2, 0.25) is 0 Å². The molecule has 78 valence electrons. The monoisotopic (exact) mass is 233 g/mol. The van der Waals surface area contributed by atoms with E-state index in [1.807, 2.05) is 42.0 Å². The van der Waals surface area contributed by atoms with Gasteiger partial charge in [0, 0.05) is 18.9 Å². The van der Waals surface area contributed by atoms with Crippen molar-refractivity contribution in [3.05, 3.63) is 36.3 Å². The van der Waals surface area contributed by atoms with Crippen molar-refractivity contribution in [2.75, 3.05) is 7.05 Å². The Morgan fingerprint density at radius 2 is 2.14 bits per heavy atom. The summed E-state index contributed by atoms with van der Waals surface area (Å²) >= 11 is 0. The van der Waals surface area contributed by atoms with Crippen LogP contribution in [-0.2, 0) is 6.54 Å². The number of halogens is 2. The van der Waals surface area contributed by atoms with Crippen LogP contribution < -0.4 is 5.32 Å². The molecule has 0 aromatic carbocycles. The zero-order chi connectivity index (χ0) is 8.39. The molecule has 2 aromatic rings. The zero-order valence-corrected chi connectivity index (χ0v) is 9.44. The Hall–Kier alpha value is -0.770. The van der Waals surface area contributed by atoms with E-state index in [0.717, 1.165) is 17.9 Å². The highest BCUT2D eigenvalue weighted by Gasteiger charge is 1.97. The first kappa shape index (κ1) is 13.2. The summed E-state index contributed by atoms with van der Waals surface area (Å²) in [6.45, 7) is 0.821. The summed E-state index contributed by atoms with van der Waals surface area (Å²) < 4.78 is 2.02. The van der Waals surface area contributed by atoms with Crippen molar-refractivity contribution in [2.24, 2.45) is 0 Å². The van der Waals surface area contributed by atoms with Crippen molar-refractivity contribution >= 4 is 30.5 Å². The Kier molecular flexibility index (Phi) is 5.53. The molecule has 3 nitrogen and oxygen atoms in total. The largest absolute Gasteiger partial charge is 0.314 e.